The van der Waals surface area contributed by atoms with Crippen molar-refractivity contribution in [1.82, 2.24) is 9.97 Å². The molecular weight excluding hydrogens is 379 g/mol. The normalized spacial score (nSPS) is 16.9. The van der Waals surface area contributed by atoms with Crippen LogP contribution >= 0.6 is 22.6 Å². The second kappa shape index (κ2) is 4.66. The van der Waals surface area contributed by atoms with Crippen LogP contribution in [0.2, 0.25) is 0 Å². The van der Waals surface area contributed by atoms with Crippen LogP contribution in [0, 0.1) is 10.5 Å². The summed E-state index contributed by atoms with van der Waals surface area (Å²) < 4.78 is 0.952. The van der Waals surface area contributed by atoms with Gasteiger partial charge < -0.3 is 10.2 Å². The van der Waals surface area contributed by atoms with Crippen LogP contribution in [0.25, 0.3) is 0 Å². The molecule has 106 valence electrons. The Morgan fingerprint density at radius 1 is 1.33 bits per heavy atom. The predicted molar refractivity (Wildman–Crippen MR) is 89.0 cm³/mol. The molecule has 1 N–H and O–H groups in total. The van der Waals surface area contributed by atoms with Crippen molar-refractivity contribution < 1.29 is 4.79 Å². The molecule has 1 fully saturated rings. The van der Waals surface area contributed by atoms with Gasteiger partial charge in [0.15, 0.2) is 5.82 Å². The zero-order chi connectivity index (χ0) is 14.6. The molecular formula is C15H13IN4O. The molecule has 1 aliphatic heterocycles. The molecule has 2 aliphatic rings. The number of aromatic nitrogens is 2. The maximum absolute atomic E-state index is 12.6. The molecule has 5 nitrogen and oxygen atoms in total. The highest BCUT2D eigenvalue weighted by Gasteiger charge is 2.38. The zero-order valence-electron chi connectivity index (χ0n) is 11.4. The third kappa shape index (κ3) is 2.08. The second-order valence-electron chi connectivity index (χ2n) is 5.41. The number of hydrogen-bond donors (Lipinski definition) is 1. The standard InChI is InChI=1S/C15H13IN4O/c1-8-4-5-17-14-12(8)19-15(21)11-6-9(16)7-18-13(11)20(14)10-2-3-10/h4-7,10H,2-3H2,1H3,(H,19,21). The molecule has 6 heteroatoms. The molecule has 0 atom stereocenters. The third-order valence-corrected chi connectivity index (χ3v) is 4.41. The Bertz CT molecular complexity index is 757. The minimum absolute atomic E-state index is 0.114. The van der Waals surface area contributed by atoms with Gasteiger partial charge >= 0.3 is 0 Å². The van der Waals surface area contributed by atoms with Crippen molar-refractivity contribution in [3.63, 3.8) is 0 Å². The number of halogens is 1. The fourth-order valence-corrected chi connectivity index (χ4v) is 3.08. The number of fused-ring (bicyclic) bond motifs is 2. The molecule has 1 saturated carbocycles. The number of carbonyl (C=O) groups is 1. The van der Waals surface area contributed by atoms with Gasteiger partial charge in [-0.05, 0) is 60.1 Å². The van der Waals surface area contributed by atoms with E-state index in [-0.39, 0.29) is 5.91 Å². The number of amides is 1. The summed E-state index contributed by atoms with van der Waals surface area (Å²) in [6.07, 6.45) is 5.79. The Hall–Kier alpha value is -1.70. The lowest BCUT2D eigenvalue weighted by Crippen LogP contribution is -2.22. The first-order chi connectivity index (χ1) is 10.1. The first kappa shape index (κ1) is 13.0. The van der Waals surface area contributed by atoms with Gasteiger partial charge in [0.25, 0.3) is 5.91 Å². The summed E-state index contributed by atoms with van der Waals surface area (Å²) in [4.78, 5) is 23.7. The molecule has 1 aliphatic carbocycles. The number of pyridine rings is 2. The largest absolute Gasteiger partial charge is 0.318 e. The Kier molecular flexibility index (Phi) is 2.88. The highest BCUT2D eigenvalue weighted by atomic mass is 127. The molecule has 3 heterocycles. The van der Waals surface area contributed by atoms with E-state index >= 15 is 0 Å². The Labute approximate surface area is 135 Å². The minimum atomic E-state index is -0.114. The molecule has 21 heavy (non-hydrogen) atoms. The van der Waals surface area contributed by atoms with Crippen molar-refractivity contribution in [2.24, 2.45) is 0 Å². The van der Waals surface area contributed by atoms with Crippen LogP contribution in [-0.2, 0) is 0 Å². The lowest BCUT2D eigenvalue weighted by atomic mass is 10.2. The summed E-state index contributed by atoms with van der Waals surface area (Å²) in [6, 6.07) is 4.18. The molecule has 0 unspecified atom stereocenters. The summed E-state index contributed by atoms with van der Waals surface area (Å²) in [5, 5.41) is 3.00. The Morgan fingerprint density at radius 3 is 2.90 bits per heavy atom. The molecule has 2 aromatic heterocycles. The van der Waals surface area contributed by atoms with Crippen LogP contribution in [0.1, 0.15) is 28.8 Å². The minimum Gasteiger partial charge on any atom is -0.318 e. The predicted octanol–water partition coefficient (Wildman–Crippen LogP) is 3.26. The monoisotopic (exact) mass is 392 g/mol. The summed E-state index contributed by atoms with van der Waals surface area (Å²) in [5.74, 6) is 1.40. The molecule has 0 spiro atoms. The van der Waals surface area contributed by atoms with Crippen LogP contribution in [0.5, 0.6) is 0 Å². The maximum atomic E-state index is 12.6. The number of nitrogens with zero attached hydrogens (tertiary/aromatic N) is 3. The molecule has 1 amide bonds. The third-order valence-electron chi connectivity index (χ3n) is 3.82. The first-order valence-electron chi connectivity index (χ1n) is 6.87. The van der Waals surface area contributed by atoms with Crippen LogP contribution in [0.3, 0.4) is 0 Å². The van der Waals surface area contributed by atoms with Crippen molar-refractivity contribution in [3.05, 3.63) is 39.2 Å². The van der Waals surface area contributed by atoms with Crippen molar-refractivity contribution in [2.75, 3.05) is 10.2 Å². The summed E-state index contributed by atoms with van der Waals surface area (Å²) in [7, 11) is 0. The van der Waals surface area contributed by atoms with Crippen molar-refractivity contribution in [3.8, 4) is 0 Å². The first-order valence-corrected chi connectivity index (χ1v) is 7.95. The second-order valence-corrected chi connectivity index (χ2v) is 6.65. The molecule has 0 bridgehead atoms. The smallest absolute Gasteiger partial charge is 0.259 e. The molecule has 0 aromatic carbocycles. The van der Waals surface area contributed by atoms with E-state index in [2.05, 4.69) is 42.8 Å². The summed E-state index contributed by atoms with van der Waals surface area (Å²) >= 11 is 2.18. The van der Waals surface area contributed by atoms with E-state index < -0.39 is 0 Å². The Balaban J connectivity index is 2.00. The number of nitrogens with one attached hydrogen (secondary N) is 1. The van der Waals surface area contributed by atoms with Crippen molar-refractivity contribution in [1.29, 1.82) is 0 Å². The van der Waals surface area contributed by atoms with Gasteiger partial charge in [0.05, 0.1) is 11.3 Å². The summed E-state index contributed by atoms with van der Waals surface area (Å²) in [6.45, 7) is 1.99. The highest BCUT2D eigenvalue weighted by molar-refractivity contribution is 14.1. The van der Waals surface area contributed by atoms with Crippen LogP contribution in [0.15, 0.2) is 24.5 Å². The van der Waals surface area contributed by atoms with E-state index in [4.69, 9.17) is 0 Å². The molecule has 4 rings (SSSR count). The number of anilines is 3. The maximum Gasteiger partial charge on any atom is 0.259 e. The lowest BCUT2D eigenvalue weighted by molar-refractivity contribution is 0.102. The van der Waals surface area contributed by atoms with Gasteiger partial charge in [-0.1, -0.05) is 0 Å². The van der Waals surface area contributed by atoms with E-state index in [1.807, 2.05) is 19.1 Å². The lowest BCUT2D eigenvalue weighted by Gasteiger charge is -2.23. The molecule has 0 radical (unpaired) electrons. The van der Waals surface area contributed by atoms with E-state index in [1.165, 1.54) is 0 Å². The fourth-order valence-electron chi connectivity index (χ4n) is 2.63. The average Bonchev–Trinajstić information content (AvgIpc) is 3.28. The van der Waals surface area contributed by atoms with Gasteiger partial charge in [0.2, 0.25) is 0 Å². The van der Waals surface area contributed by atoms with E-state index in [0.29, 0.717) is 17.4 Å². The summed E-state index contributed by atoms with van der Waals surface area (Å²) in [5.41, 5.74) is 2.43. The topological polar surface area (TPSA) is 58.1 Å². The van der Waals surface area contributed by atoms with Crippen molar-refractivity contribution in [2.45, 2.75) is 25.8 Å². The van der Waals surface area contributed by atoms with Gasteiger partial charge in [-0.25, -0.2) is 9.97 Å². The average molecular weight is 392 g/mol. The van der Waals surface area contributed by atoms with Gasteiger partial charge in [0.1, 0.15) is 5.82 Å². The molecule has 2 aromatic rings. The van der Waals surface area contributed by atoms with Crippen LogP contribution in [0.4, 0.5) is 17.3 Å². The number of rotatable bonds is 1. The van der Waals surface area contributed by atoms with Crippen molar-refractivity contribution >= 4 is 45.8 Å². The van der Waals surface area contributed by atoms with Crippen LogP contribution < -0.4 is 10.2 Å². The number of hydrogen-bond acceptors (Lipinski definition) is 4. The van der Waals surface area contributed by atoms with E-state index in [0.717, 1.165) is 33.5 Å². The van der Waals surface area contributed by atoms with Gasteiger partial charge in [-0.15, -0.1) is 0 Å². The van der Waals surface area contributed by atoms with Crippen LogP contribution in [-0.4, -0.2) is 21.9 Å². The Morgan fingerprint density at radius 2 is 2.14 bits per heavy atom. The number of aryl methyl sites for hydroxylation is 1. The van der Waals surface area contributed by atoms with Gasteiger partial charge in [-0.2, -0.15) is 0 Å². The quantitative estimate of drug-likeness (QED) is 0.758. The highest BCUT2D eigenvalue weighted by Crippen LogP contribution is 2.43. The van der Waals surface area contributed by atoms with E-state index in [1.54, 1.807) is 12.4 Å². The molecule has 0 saturated heterocycles. The number of carbonyl (C=O) groups excluding carboxylic acids is 1. The SMILES string of the molecule is Cc1ccnc2c1NC(=O)c1cc(I)cnc1N2C1CC1. The zero-order valence-corrected chi connectivity index (χ0v) is 13.6. The van der Waals surface area contributed by atoms with E-state index in [9.17, 15) is 4.79 Å². The van der Waals surface area contributed by atoms with Gasteiger partial charge in [0, 0.05) is 22.0 Å². The van der Waals surface area contributed by atoms with Gasteiger partial charge in [-0.3, -0.25) is 4.79 Å². The fraction of sp³-hybridized carbons (Fsp3) is 0.267.